The molecule has 0 saturated carbocycles. The van der Waals surface area contributed by atoms with Gasteiger partial charge in [0.1, 0.15) is 18.6 Å². The van der Waals surface area contributed by atoms with Crippen LogP contribution in [0, 0.1) is 13.8 Å². The van der Waals surface area contributed by atoms with E-state index in [1.807, 2.05) is 26.0 Å². The summed E-state index contributed by atoms with van der Waals surface area (Å²) in [6.45, 7) is 7.88. The summed E-state index contributed by atoms with van der Waals surface area (Å²) in [4.78, 5) is 10.7. The van der Waals surface area contributed by atoms with Crippen molar-refractivity contribution in [3.63, 3.8) is 0 Å². The van der Waals surface area contributed by atoms with Crippen LogP contribution in [0.4, 0.5) is 0 Å². The normalized spacial score (nSPS) is 10.3. The highest BCUT2D eigenvalue weighted by Crippen LogP contribution is 2.24. The van der Waals surface area contributed by atoms with Crippen molar-refractivity contribution in [1.82, 2.24) is 0 Å². The summed E-state index contributed by atoms with van der Waals surface area (Å²) < 4.78 is 11.0. The van der Waals surface area contributed by atoms with E-state index in [2.05, 4.69) is 6.92 Å². The van der Waals surface area contributed by atoms with Gasteiger partial charge < -0.3 is 9.47 Å². The molecule has 0 spiro atoms. The van der Waals surface area contributed by atoms with Crippen molar-refractivity contribution in [2.45, 2.75) is 27.2 Å². The summed E-state index contributed by atoms with van der Waals surface area (Å²) in [6, 6.07) is 3.67. The lowest BCUT2D eigenvalue weighted by Crippen LogP contribution is -2.08. The standard InChI is InChI=1S/C14H20O3/c1-4-5-16-6-7-17-14-11(2)8-13(10-15)9-12(14)3/h8-10H,4-7H2,1-3H3. The van der Waals surface area contributed by atoms with E-state index >= 15 is 0 Å². The van der Waals surface area contributed by atoms with E-state index in [4.69, 9.17) is 9.47 Å². The fourth-order valence-corrected chi connectivity index (χ4v) is 1.73. The molecular formula is C14H20O3. The average molecular weight is 236 g/mol. The van der Waals surface area contributed by atoms with Gasteiger partial charge in [-0.05, 0) is 43.5 Å². The molecule has 0 bridgehead atoms. The first-order valence-corrected chi connectivity index (χ1v) is 5.96. The van der Waals surface area contributed by atoms with Gasteiger partial charge in [-0.2, -0.15) is 0 Å². The minimum absolute atomic E-state index is 0.544. The summed E-state index contributed by atoms with van der Waals surface area (Å²) >= 11 is 0. The van der Waals surface area contributed by atoms with Crippen LogP contribution in [-0.4, -0.2) is 26.1 Å². The van der Waals surface area contributed by atoms with Crippen LogP contribution in [0.2, 0.25) is 0 Å². The van der Waals surface area contributed by atoms with Gasteiger partial charge in [0.25, 0.3) is 0 Å². The molecule has 0 aromatic heterocycles. The maximum Gasteiger partial charge on any atom is 0.150 e. The van der Waals surface area contributed by atoms with Crippen molar-refractivity contribution >= 4 is 6.29 Å². The lowest BCUT2D eigenvalue weighted by Gasteiger charge is -2.12. The zero-order valence-electron chi connectivity index (χ0n) is 10.8. The molecule has 0 aliphatic rings. The quantitative estimate of drug-likeness (QED) is 0.539. The minimum Gasteiger partial charge on any atom is -0.491 e. The highest BCUT2D eigenvalue weighted by molar-refractivity contribution is 5.76. The lowest BCUT2D eigenvalue weighted by atomic mass is 10.1. The first kappa shape index (κ1) is 13.7. The second-order valence-corrected chi connectivity index (χ2v) is 4.06. The Balaban J connectivity index is 2.56. The number of benzene rings is 1. The molecule has 0 radical (unpaired) electrons. The molecule has 1 aromatic rings. The molecule has 0 atom stereocenters. The van der Waals surface area contributed by atoms with Crippen LogP contribution < -0.4 is 4.74 Å². The van der Waals surface area contributed by atoms with E-state index in [9.17, 15) is 4.79 Å². The molecule has 0 unspecified atom stereocenters. The summed E-state index contributed by atoms with van der Waals surface area (Å²) in [5, 5.41) is 0. The third kappa shape index (κ3) is 4.19. The molecule has 0 aliphatic heterocycles. The largest absolute Gasteiger partial charge is 0.491 e. The van der Waals surface area contributed by atoms with Crippen LogP contribution in [-0.2, 0) is 4.74 Å². The Kier molecular flexibility index (Phi) is 5.70. The van der Waals surface area contributed by atoms with Gasteiger partial charge in [0.2, 0.25) is 0 Å². The van der Waals surface area contributed by atoms with E-state index in [0.29, 0.717) is 18.8 Å². The number of carbonyl (C=O) groups excluding carboxylic acids is 1. The van der Waals surface area contributed by atoms with Crippen LogP contribution in [0.25, 0.3) is 0 Å². The molecule has 0 fully saturated rings. The Morgan fingerprint density at radius 2 is 1.76 bits per heavy atom. The van der Waals surface area contributed by atoms with Gasteiger partial charge in [-0.25, -0.2) is 0 Å². The monoisotopic (exact) mass is 236 g/mol. The maximum absolute atomic E-state index is 10.7. The number of hydrogen-bond acceptors (Lipinski definition) is 3. The van der Waals surface area contributed by atoms with E-state index in [1.165, 1.54) is 0 Å². The minimum atomic E-state index is 0.544. The number of hydrogen-bond donors (Lipinski definition) is 0. The van der Waals surface area contributed by atoms with Gasteiger partial charge in [-0.3, -0.25) is 4.79 Å². The predicted molar refractivity (Wildman–Crippen MR) is 67.9 cm³/mol. The molecule has 0 heterocycles. The topological polar surface area (TPSA) is 35.5 Å². The van der Waals surface area contributed by atoms with Gasteiger partial charge in [0, 0.05) is 12.2 Å². The predicted octanol–water partition coefficient (Wildman–Crippen LogP) is 2.92. The smallest absolute Gasteiger partial charge is 0.150 e. The van der Waals surface area contributed by atoms with Crippen LogP contribution in [0.5, 0.6) is 5.75 Å². The fourth-order valence-electron chi connectivity index (χ4n) is 1.73. The lowest BCUT2D eigenvalue weighted by molar-refractivity contribution is 0.100. The van der Waals surface area contributed by atoms with Crippen molar-refractivity contribution in [3.05, 3.63) is 28.8 Å². The van der Waals surface area contributed by atoms with Crippen LogP contribution in [0.15, 0.2) is 12.1 Å². The van der Waals surface area contributed by atoms with Crippen molar-refractivity contribution in [3.8, 4) is 5.75 Å². The third-order valence-electron chi connectivity index (χ3n) is 2.44. The summed E-state index contributed by atoms with van der Waals surface area (Å²) in [7, 11) is 0. The molecule has 3 nitrogen and oxygen atoms in total. The molecular weight excluding hydrogens is 216 g/mol. The van der Waals surface area contributed by atoms with Gasteiger partial charge >= 0.3 is 0 Å². The number of aryl methyl sites for hydroxylation is 2. The van der Waals surface area contributed by atoms with E-state index in [-0.39, 0.29) is 0 Å². The SMILES string of the molecule is CCCOCCOc1c(C)cc(C=O)cc1C. The summed E-state index contributed by atoms with van der Waals surface area (Å²) in [5.74, 6) is 0.857. The van der Waals surface area contributed by atoms with Crippen LogP contribution in [0.3, 0.4) is 0 Å². The van der Waals surface area contributed by atoms with Crippen LogP contribution in [0.1, 0.15) is 34.8 Å². The van der Waals surface area contributed by atoms with Crippen LogP contribution >= 0.6 is 0 Å². The van der Waals surface area contributed by atoms with Crippen molar-refractivity contribution in [2.75, 3.05) is 19.8 Å². The first-order valence-electron chi connectivity index (χ1n) is 5.96. The zero-order chi connectivity index (χ0) is 12.7. The molecule has 1 rings (SSSR count). The Morgan fingerprint density at radius 3 is 2.29 bits per heavy atom. The highest BCUT2D eigenvalue weighted by Gasteiger charge is 2.05. The summed E-state index contributed by atoms with van der Waals surface area (Å²) in [5.41, 5.74) is 2.67. The Labute approximate surface area is 103 Å². The molecule has 1 aromatic carbocycles. The van der Waals surface area contributed by atoms with Crippen molar-refractivity contribution in [1.29, 1.82) is 0 Å². The van der Waals surface area contributed by atoms with Gasteiger partial charge in [0.15, 0.2) is 0 Å². The van der Waals surface area contributed by atoms with E-state index in [0.717, 1.165) is 36.2 Å². The second-order valence-electron chi connectivity index (χ2n) is 4.06. The fraction of sp³-hybridized carbons (Fsp3) is 0.500. The van der Waals surface area contributed by atoms with Crippen molar-refractivity contribution < 1.29 is 14.3 Å². The third-order valence-corrected chi connectivity index (χ3v) is 2.44. The van der Waals surface area contributed by atoms with Crippen molar-refractivity contribution in [2.24, 2.45) is 0 Å². The molecule has 0 N–H and O–H groups in total. The molecule has 0 amide bonds. The number of ether oxygens (including phenoxy) is 2. The van der Waals surface area contributed by atoms with E-state index < -0.39 is 0 Å². The maximum atomic E-state index is 10.7. The Morgan fingerprint density at radius 1 is 1.12 bits per heavy atom. The molecule has 0 saturated heterocycles. The first-order chi connectivity index (χ1) is 8.19. The zero-order valence-corrected chi connectivity index (χ0v) is 10.8. The van der Waals surface area contributed by atoms with Gasteiger partial charge in [0.05, 0.1) is 6.61 Å². The number of aldehydes is 1. The number of rotatable bonds is 7. The molecule has 3 heteroatoms. The van der Waals surface area contributed by atoms with Gasteiger partial charge in [-0.15, -0.1) is 0 Å². The second kappa shape index (κ2) is 7.07. The molecule has 0 aliphatic carbocycles. The summed E-state index contributed by atoms with van der Waals surface area (Å²) in [6.07, 6.45) is 1.88. The molecule has 94 valence electrons. The molecule has 17 heavy (non-hydrogen) atoms. The number of carbonyl (C=O) groups is 1. The van der Waals surface area contributed by atoms with E-state index in [1.54, 1.807) is 0 Å². The Hall–Kier alpha value is -1.35. The Bertz CT molecular complexity index is 349. The van der Waals surface area contributed by atoms with Gasteiger partial charge in [-0.1, -0.05) is 6.92 Å². The average Bonchev–Trinajstić information content (AvgIpc) is 2.31. The highest BCUT2D eigenvalue weighted by atomic mass is 16.5.